The highest BCUT2D eigenvalue weighted by Gasteiger charge is 2.01. The highest BCUT2D eigenvalue weighted by atomic mass is 79.9. The number of hydrogen-bond acceptors (Lipinski definition) is 1. The second-order valence-corrected chi connectivity index (χ2v) is 4.98. The average molecular weight is 301 g/mol. The van der Waals surface area contributed by atoms with E-state index in [1.54, 1.807) is 6.08 Å². The minimum atomic E-state index is 0.0135. The Hall–Kier alpha value is -1.67. The first-order valence-corrected chi connectivity index (χ1v) is 6.50. The van der Waals surface area contributed by atoms with Crippen LogP contribution in [0.1, 0.15) is 21.5 Å². The number of hydrogen-bond donors (Lipinski definition) is 0. The van der Waals surface area contributed by atoms with Crippen molar-refractivity contribution >= 4 is 27.8 Å². The number of rotatable bonds is 3. The number of halogens is 1. The van der Waals surface area contributed by atoms with Crippen LogP contribution in [0.5, 0.6) is 0 Å². The molecule has 90 valence electrons. The first-order valence-electron chi connectivity index (χ1n) is 5.70. The summed E-state index contributed by atoms with van der Waals surface area (Å²) in [6.45, 7) is 2.03. The molecular formula is C16H13BrO. The molecule has 0 bridgehead atoms. The van der Waals surface area contributed by atoms with Crippen LogP contribution in [0.4, 0.5) is 0 Å². The van der Waals surface area contributed by atoms with Gasteiger partial charge in [0, 0.05) is 10.0 Å². The molecule has 0 aliphatic carbocycles. The van der Waals surface area contributed by atoms with Crippen molar-refractivity contribution in [3.8, 4) is 0 Å². The summed E-state index contributed by atoms with van der Waals surface area (Å²) in [4.78, 5) is 12.0. The van der Waals surface area contributed by atoms with Crippen LogP contribution in [0.15, 0.2) is 59.1 Å². The molecule has 1 nitrogen and oxygen atoms in total. The fourth-order valence-electron chi connectivity index (χ4n) is 1.68. The van der Waals surface area contributed by atoms with Crippen molar-refractivity contribution in [3.63, 3.8) is 0 Å². The minimum Gasteiger partial charge on any atom is -0.289 e. The zero-order valence-corrected chi connectivity index (χ0v) is 11.6. The standard InChI is InChI=1S/C16H13BrO/c1-12-5-2-3-6-13(12)9-10-16(18)14-7-4-8-15(17)11-14/h2-11H,1H3. The molecule has 2 rings (SSSR count). The fraction of sp³-hybridized carbons (Fsp3) is 0.0625. The number of allylic oxidation sites excluding steroid dienone is 1. The molecular weight excluding hydrogens is 288 g/mol. The van der Waals surface area contributed by atoms with Gasteiger partial charge in [0.1, 0.15) is 0 Å². The topological polar surface area (TPSA) is 17.1 Å². The first-order chi connectivity index (χ1) is 8.66. The van der Waals surface area contributed by atoms with Crippen LogP contribution in [0.2, 0.25) is 0 Å². The Morgan fingerprint density at radius 2 is 1.89 bits per heavy atom. The lowest BCUT2D eigenvalue weighted by Gasteiger charge is -1.99. The number of carbonyl (C=O) groups is 1. The van der Waals surface area contributed by atoms with Gasteiger partial charge in [-0.15, -0.1) is 0 Å². The lowest BCUT2D eigenvalue weighted by Crippen LogP contribution is -1.93. The van der Waals surface area contributed by atoms with Crippen LogP contribution < -0.4 is 0 Å². The summed E-state index contributed by atoms with van der Waals surface area (Å²) in [6, 6.07) is 15.4. The van der Waals surface area contributed by atoms with Gasteiger partial charge in [-0.25, -0.2) is 0 Å². The van der Waals surface area contributed by atoms with Crippen LogP contribution in [-0.2, 0) is 0 Å². The Morgan fingerprint density at radius 1 is 1.11 bits per heavy atom. The van der Waals surface area contributed by atoms with E-state index >= 15 is 0 Å². The van der Waals surface area contributed by atoms with Gasteiger partial charge in [-0.05, 0) is 36.3 Å². The quantitative estimate of drug-likeness (QED) is 0.595. The lowest BCUT2D eigenvalue weighted by atomic mass is 10.1. The molecule has 2 heteroatoms. The highest BCUT2D eigenvalue weighted by Crippen LogP contribution is 2.14. The summed E-state index contributed by atoms with van der Waals surface area (Å²) in [5, 5.41) is 0. The molecule has 0 saturated heterocycles. The van der Waals surface area contributed by atoms with Gasteiger partial charge < -0.3 is 0 Å². The Bertz CT molecular complexity index is 600. The van der Waals surface area contributed by atoms with E-state index in [1.165, 1.54) is 0 Å². The summed E-state index contributed by atoms with van der Waals surface area (Å²) in [7, 11) is 0. The van der Waals surface area contributed by atoms with Crippen LogP contribution in [0.3, 0.4) is 0 Å². The normalized spacial score (nSPS) is 10.8. The molecule has 0 unspecified atom stereocenters. The van der Waals surface area contributed by atoms with Gasteiger partial charge in [-0.3, -0.25) is 4.79 Å². The van der Waals surface area contributed by atoms with E-state index < -0.39 is 0 Å². The van der Waals surface area contributed by atoms with Crippen molar-refractivity contribution in [3.05, 3.63) is 75.8 Å². The zero-order chi connectivity index (χ0) is 13.0. The number of aryl methyl sites for hydroxylation is 1. The monoisotopic (exact) mass is 300 g/mol. The van der Waals surface area contributed by atoms with Crippen molar-refractivity contribution < 1.29 is 4.79 Å². The molecule has 2 aromatic carbocycles. The molecule has 0 fully saturated rings. The maximum Gasteiger partial charge on any atom is 0.185 e. The molecule has 0 radical (unpaired) electrons. The van der Waals surface area contributed by atoms with Gasteiger partial charge >= 0.3 is 0 Å². The van der Waals surface area contributed by atoms with Crippen molar-refractivity contribution in [2.24, 2.45) is 0 Å². The van der Waals surface area contributed by atoms with E-state index in [0.717, 1.165) is 15.6 Å². The smallest absolute Gasteiger partial charge is 0.185 e. The average Bonchev–Trinajstić information content (AvgIpc) is 2.37. The van der Waals surface area contributed by atoms with E-state index in [9.17, 15) is 4.79 Å². The van der Waals surface area contributed by atoms with Gasteiger partial charge in [0.2, 0.25) is 0 Å². The molecule has 0 amide bonds. The number of ketones is 1. The Kier molecular flexibility index (Phi) is 4.11. The van der Waals surface area contributed by atoms with Crippen molar-refractivity contribution in [1.82, 2.24) is 0 Å². The second-order valence-electron chi connectivity index (χ2n) is 4.06. The minimum absolute atomic E-state index is 0.0135. The van der Waals surface area contributed by atoms with E-state index in [4.69, 9.17) is 0 Å². The third kappa shape index (κ3) is 3.17. The molecule has 0 aliphatic rings. The molecule has 0 aliphatic heterocycles. The number of carbonyl (C=O) groups excluding carboxylic acids is 1. The summed E-state index contributed by atoms with van der Waals surface area (Å²) in [6.07, 6.45) is 3.47. The first kappa shape index (κ1) is 12.8. The summed E-state index contributed by atoms with van der Waals surface area (Å²) >= 11 is 3.36. The Balaban J connectivity index is 2.20. The third-order valence-corrected chi connectivity index (χ3v) is 3.21. The van der Waals surface area contributed by atoms with Gasteiger partial charge in [0.05, 0.1) is 0 Å². The number of benzene rings is 2. The maximum absolute atomic E-state index is 12.0. The SMILES string of the molecule is Cc1ccccc1C=CC(=O)c1cccc(Br)c1. The van der Waals surface area contributed by atoms with Gasteiger partial charge in [0.25, 0.3) is 0 Å². The lowest BCUT2D eigenvalue weighted by molar-refractivity contribution is 0.104. The molecule has 0 saturated carbocycles. The summed E-state index contributed by atoms with van der Waals surface area (Å²) < 4.78 is 0.914. The zero-order valence-electron chi connectivity index (χ0n) is 10.1. The van der Waals surface area contributed by atoms with E-state index in [1.807, 2.05) is 61.5 Å². The predicted octanol–water partition coefficient (Wildman–Crippen LogP) is 4.65. The Labute approximate surface area is 115 Å². The molecule has 0 N–H and O–H groups in total. The molecule has 0 heterocycles. The fourth-order valence-corrected chi connectivity index (χ4v) is 2.08. The summed E-state index contributed by atoms with van der Waals surface area (Å²) in [5.74, 6) is 0.0135. The van der Waals surface area contributed by atoms with Gasteiger partial charge in [-0.2, -0.15) is 0 Å². The second kappa shape index (κ2) is 5.78. The Morgan fingerprint density at radius 3 is 2.61 bits per heavy atom. The van der Waals surface area contributed by atoms with Crippen molar-refractivity contribution in [1.29, 1.82) is 0 Å². The molecule has 0 spiro atoms. The largest absolute Gasteiger partial charge is 0.289 e. The van der Waals surface area contributed by atoms with Crippen LogP contribution in [-0.4, -0.2) is 5.78 Å². The van der Waals surface area contributed by atoms with Crippen molar-refractivity contribution in [2.75, 3.05) is 0 Å². The third-order valence-electron chi connectivity index (χ3n) is 2.71. The van der Waals surface area contributed by atoms with Crippen LogP contribution in [0.25, 0.3) is 6.08 Å². The highest BCUT2D eigenvalue weighted by molar-refractivity contribution is 9.10. The molecule has 0 aromatic heterocycles. The molecule has 18 heavy (non-hydrogen) atoms. The van der Waals surface area contributed by atoms with Crippen LogP contribution in [0, 0.1) is 6.92 Å². The predicted molar refractivity (Wildman–Crippen MR) is 78.7 cm³/mol. The van der Waals surface area contributed by atoms with Gasteiger partial charge in [-0.1, -0.05) is 58.4 Å². The summed E-state index contributed by atoms with van der Waals surface area (Å²) in [5.41, 5.74) is 2.92. The van der Waals surface area contributed by atoms with E-state index in [0.29, 0.717) is 5.56 Å². The molecule has 2 aromatic rings. The van der Waals surface area contributed by atoms with Gasteiger partial charge in [0.15, 0.2) is 5.78 Å². The van der Waals surface area contributed by atoms with E-state index in [2.05, 4.69) is 15.9 Å². The maximum atomic E-state index is 12.0. The molecule has 0 atom stereocenters. The van der Waals surface area contributed by atoms with E-state index in [-0.39, 0.29) is 5.78 Å². The van der Waals surface area contributed by atoms with Crippen LogP contribution >= 0.6 is 15.9 Å². The van der Waals surface area contributed by atoms with Crippen molar-refractivity contribution in [2.45, 2.75) is 6.92 Å².